The van der Waals surface area contributed by atoms with Crippen LogP contribution in [0.3, 0.4) is 0 Å². The molecule has 2 saturated carbocycles. The Hall–Kier alpha value is -0.0800. The molecule has 0 heterocycles. The molecule has 0 amide bonds. The number of hydrogen-bond donors (Lipinski definition) is 2. The van der Waals surface area contributed by atoms with Gasteiger partial charge < -0.3 is 10.2 Å². The van der Waals surface area contributed by atoms with Gasteiger partial charge in [-0.15, -0.1) is 0 Å². The van der Waals surface area contributed by atoms with Crippen LogP contribution in [0.5, 0.6) is 0 Å². The highest BCUT2D eigenvalue weighted by Gasteiger charge is 2.58. The van der Waals surface area contributed by atoms with Crippen molar-refractivity contribution in [1.29, 1.82) is 0 Å². The second kappa shape index (κ2) is 4.71. The van der Waals surface area contributed by atoms with Crippen molar-refractivity contribution in [2.45, 2.75) is 91.3 Å². The molecule has 0 aromatic carbocycles. The molecule has 118 valence electrons. The van der Waals surface area contributed by atoms with Crippen LogP contribution >= 0.6 is 0 Å². The largest absolute Gasteiger partial charge is 0.390 e. The Morgan fingerprint density at radius 3 is 2.20 bits per heavy atom. The number of hydrogen-bond acceptors (Lipinski definition) is 2. The van der Waals surface area contributed by atoms with E-state index in [2.05, 4.69) is 20.8 Å². The quantitative estimate of drug-likeness (QED) is 0.799. The van der Waals surface area contributed by atoms with Gasteiger partial charge in [-0.3, -0.25) is 0 Å². The Labute approximate surface area is 125 Å². The highest BCUT2D eigenvalue weighted by molar-refractivity contribution is 5.08. The number of fused-ring (bicyclic) bond motifs is 1. The number of rotatable bonds is 2. The van der Waals surface area contributed by atoms with Gasteiger partial charge in [-0.2, -0.15) is 0 Å². The van der Waals surface area contributed by atoms with Crippen molar-refractivity contribution in [2.75, 3.05) is 0 Å². The second-order valence-corrected chi connectivity index (χ2v) is 9.37. The molecule has 0 spiro atoms. The Balaban J connectivity index is 2.38. The van der Waals surface area contributed by atoms with Gasteiger partial charge in [0.05, 0.1) is 11.2 Å². The second-order valence-electron chi connectivity index (χ2n) is 9.37. The average Bonchev–Trinajstić information content (AvgIpc) is 2.21. The monoisotopic (exact) mass is 282 g/mol. The summed E-state index contributed by atoms with van der Waals surface area (Å²) in [5, 5.41) is 21.3. The molecule has 2 aliphatic carbocycles. The molecule has 2 nitrogen and oxygen atoms in total. The van der Waals surface area contributed by atoms with Crippen LogP contribution in [0.1, 0.15) is 80.1 Å². The minimum absolute atomic E-state index is 0.156. The summed E-state index contributed by atoms with van der Waals surface area (Å²) in [7, 11) is 0. The molecule has 2 unspecified atom stereocenters. The van der Waals surface area contributed by atoms with Crippen LogP contribution in [0, 0.1) is 22.7 Å². The molecule has 0 aliphatic heterocycles. The van der Waals surface area contributed by atoms with E-state index < -0.39 is 11.2 Å². The minimum atomic E-state index is -0.707. The molecule has 2 aliphatic rings. The van der Waals surface area contributed by atoms with Gasteiger partial charge in [-0.1, -0.05) is 27.2 Å². The van der Waals surface area contributed by atoms with Crippen LogP contribution in [0.2, 0.25) is 0 Å². The molecule has 0 aromatic heterocycles. The Bertz CT molecular complexity index is 364. The summed E-state index contributed by atoms with van der Waals surface area (Å²) < 4.78 is 0. The zero-order chi connectivity index (χ0) is 15.4. The summed E-state index contributed by atoms with van der Waals surface area (Å²) in [6, 6.07) is 0. The highest BCUT2D eigenvalue weighted by atomic mass is 16.3. The van der Waals surface area contributed by atoms with E-state index in [1.165, 1.54) is 19.3 Å². The average molecular weight is 282 g/mol. The van der Waals surface area contributed by atoms with Crippen molar-refractivity contribution in [2.24, 2.45) is 22.7 Å². The van der Waals surface area contributed by atoms with Gasteiger partial charge in [0.25, 0.3) is 0 Å². The predicted octanol–water partition coefficient (Wildman–Crippen LogP) is 4.14. The first-order valence-corrected chi connectivity index (χ1v) is 8.33. The van der Waals surface area contributed by atoms with Crippen molar-refractivity contribution >= 4 is 0 Å². The third-order valence-electron chi connectivity index (χ3n) is 6.47. The first-order chi connectivity index (χ1) is 8.89. The Morgan fingerprint density at radius 2 is 1.65 bits per heavy atom. The number of aliphatic hydroxyl groups is 2. The first kappa shape index (κ1) is 16.3. The molecule has 2 rings (SSSR count). The summed E-state index contributed by atoms with van der Waals surface area (Å²) >= 11 is 0. The SMILES string of the molecule is CC(C)(O)CC1[C@@]2(C)CCCC(C)(C)C2CC[C@]1(C)O. The molecular formula is C18H34O2. The van der Waals surface area contributed by atoms with E-state index in [1.807, 2.05) is 20.8 Å². The third kappa shape index (κ3) is 2.78. The van der Waals surface area contributed by atoms with Crippen molar-refractivity contribution in [1.82, 2.24) is 0 Å². The topological polar surface area (TPSA) is 40.5 Å². The summed E-state index contributed by atoms with van der Waals surface area (Å²) in [5.41, 5.74) is -0.829. The Morgan fingerprint density at radius 1 is 1.05 bits per heavy atom. The smallest absolute Gasteiger partial charge is 0.0654 e. The summed E-state index contributed by atoms with van der Waals surface area (Å²) in [4.78, 5) is 0. The van der Waals surface area contributed by atoms with E-state index in [0.29, 0.717) is 17.8 Å². The van der Waals surface area contributed by atoms with Crippen molar-refractivity contribution in [3.8, 4) is 0 Å². The van der Waals surface area contributed by atoms with Gasteiger partial charge >= 0.3 is 0 Å². The maximum absolute atomic E-state index is 11.0. The maximum atomic E-state index is 11.0. The van der Waals surface area contributed by atoms with Gasteiger partial charge in [-0.05, 0) is 75.5 Å². The van der Waals surface area contributed by atoms with E-state index in [-0.39, 0.29) is 11.3 Å². The molecular weight excluding hydrogens is 248 g/mol. The standard InChI is InChI=1S/C18H34O2/c1-15(2)9-7-10-17(5)13(15)8-11-18(6,20)14(17)12-16(3,4)19/h13-14,19-20H,7-12H2,1-6H3/t13?,14?,17-,18-/m0/s1. The van der Waals surface area contributed by atoms with Gasteiger partial charge in [0.2, 0.25) is 0 Å². The van der Waals surface area contributed by atoms with E-state index in [9.17, 15) is 10.2 Å². The van der Waals surface area contributed by atoms with Crippen molar-refractivity contribution in [3.63, 3.8) is 0 Å². The van der Waals surface area contributed by atoms with E-state index >= 15 is 0 Å². The maximum Gasteiger partial charge on any atom is 0.0654 e. The summed E-state index contributed by atoms with van der Waals surface area (Å²) in [5.74, 6) is 0.852. The van der Waals surface area contributed by atoms with Crippen LogP contribution in [0.25, 0.3) is 0 Å². The van der Waals surface area contributed by atoms with E-state index in [1.54, 1.807) is 0 Å². The van der Waals surface area contributed by atoms with Crippen LogP contribution < -0.4 is 0 Å². The molecule has 0 saturated heterocycles. The van der Waals surface area contributed by atoms with Crippen LogP contribution in [-0.2, 0) is 0 Å². The van der Waals surface area contributed by atoms with Crippen LogP contribution in [0.15, 0.2) is 0 Å². The molecule has 2 heteroatoms. The minimum Gasteiger partial charge on any atom is -0.390 e. The van der Waals surface area contributed by atoms with Crippen molar-refractivity contribution < 1.29 is 10.2 Å². The molecule has 4 atom stereocenters. The predicted molar refractivity (Wildman–Crippen MR) is 83.5 cm³/mol. The van der Waals surface area contributed by atoms with Crippen molar-refractivity contribution in [3.05, 3.63) is 0 Å². The lowest BCUT2D eigenvalue weighted by atomic mass is 9.44. The van der Waals surface area contributed by atoms with E-state index in [0.717, 1.165) is 12.8 Å². The summed E-state index contributed by atoms with van der Waals surface area (Å²) in [6.45, 7) is 12.9. The lowest BCUT2D eigenvalue weighted by molar-refractivity contribution is -0.183. The Kier molecular flexibility index (Phi) is 3.84. The fourth-order valence-electron chi connectivity index (χ4n) is 5.58. The van der Waals surface area contributed by atoms with Gasteiger partial charge in [0, 0.05) is 0 Å². The lowest BCUT2D eigenvalue weighted by Crippen LogP contribution is -2.58. The first-order valence-electron chi connectivity index (χ1n) is 8.33. The third-order valence-corrected chi connectivity index (χ3v) is 6.47. The fourth-order valence-corrected chi connectivity index (χ4v) is 5.58. The van der Waals surface area contributed by atoms with Gasteiger partial charge in [-0.25, -0.2) is 0 Å². The zero-order valence-electron chi connectivity index (χ0n) is 14.3. The van der Waals surface area contributed by atoms with Gasteiger partial charge in [0.15, 0.2) is 0 Å². The highest BCUT2D eigenvalue weighted by Crippen LogP contribution is 2.63. The van der Waals surface area contributed by atoms with Crippen LogP contribution in [-0.4, -0.2) is 21.4 Å². The molecule has 2 N–H and O–H groups in total. The fraction of sp³-hybridized carbons (Fsp3) is 1.00. The molecule has 0 aromatic rings. The lowest BCUT2D eigenvalue weighted by Gasteiger charge is -2.62. The zero-order valence-corrected chi connectivity index (χ0v) is 14.3. The molecule has 20 heavy (non-hydrogen) atoms. The molecule has 0 bridgehead atoms. The van der Waals surface area contributed by atoms with Gasteiger partial charge in [0.1, 0.15) is 0 Å². The molecule has 2 fully saturated rings. The summed E-state index contributed by atoms with van der Waals surface area (Å²) in [6.07, 6.45) is 6.43. The van der Waals surface area contributed by atoms with E-state index in [4.69, 9.17) is 0 Å². The van der Waals surface area contributed by atoms with Crippen LogP contribution in [0.4, 0.5) is 0 Å². The normalized spacial score (nSPS) is 45.0. The molecule has 0 radical (unpaired) electrons.